The number of hydrogen-bond acceptors (Lipinski definition) is 12. The van der Waals surface area contributed by atoms with Crippen LogP contribution in [-0.4, -0.2) is 51.6 Å². The zero-order valence-electron chi connectivity index (χ0n) is 83.9. The van der Waals surface area contributed by atoms with Gasteiger partial charge in [-0.25, -0.2) is 17.6 Å². The van der Waals surface area contributed by atoms with Gasteiger partial charge >= 0.3 is 0 Å². The molecule has 0 amide bonds. The van der Waals surface area contributed by atoms with Gasteiger partial charge in [-0.1, -0.05) is 210 Å². The van der Waals surface area contributed by atoms with E-state index in [0.29, 0.717) is 103 Å². The van der Waals surface area contributed by atoms with Crippen molar-refractivity contribution >= 4 is 23.1 Å². The zero-order chi connectivity index (χ0) is 100. The number of methoxy groups -OCH3 is 4. The van der Waals surface area contributed by atoms with Gasteiger partial charge in [-0.2, -0.15) is 0 Å². The molecule has 12 rings (SSSR count). The molecule has 0 fully saturated rings. The molecule has 12 aromatic rings. The summed E-state index contributed by atoms with van der Waals surface area (Å²) in [5.41, 5.74) is 17.0. The van der Waals surface area contributed by atoms with E-state index in [-0.39, 0.29) is 85.8 Å². The van der Waals surface area contributed by atoms with Gasteiger partial charge in [-0.05, 0) is 311 Å². The highest BCUT2D eigenvalue weighted by Gasteiger charge is 2.28. The van der Waals surface area contributed by atoms with Crippen molar-refractivity contribution in [1.29, 1.82) is 0 Å². The number of ether oxygens (including phenoxy) is 8. The van der Waals surface area contributed by atoms with Crippen molar-refractivity contribution in [1.82, 2.24) is 0 Å². The molecule has 0 spiro atoms. The molecule has 0 radical (unpaired) electrons. The van der Waals surface area contributed by atoms with Gasteiger partial charge in [0.1, 0.15) is 119 Å². The molecule has 0 aromatic heterocycles. The van der Waals surface area contributed by atoms with Crippen LogP contribution in [0, 0.1) is 35.1 Å². The molecule has 0 aliphatic rings. The highest BCUT2D eigenvalue weighted by molar-refractivity contribution is 5.80. The number of carbonyl (C=O) groups excluding carboxylic acids is 4. The van der Waals surface area contributed by atoms with Gasteiger partial charge in [0.2, 0.25) is 0 Å². The van der Waals surface area contributed by atoms with Crippen LogP contribution in [0.4, 0.5) is 17.6 Å². The molecule has 137 heavy (non-hydrogen) atoms. The molecule has 0 bridgehead atoms. The minimum atomic E-state index is -0.291. The van der Waals surface area contributed by atoms with Crippen molar-refractivity contribution in [3.8, 4) is 102 Å². The Hall–Kier alpha value is -13.5. The molecule has 718 valence electrons. The van der Waals surface area contributed by atoms with Gasteiger partial charge in [0.05, 0.1) is 34.4 Å². The van der Waals surface area contributed by atoms with Crippen molar-refractivity contribution in [2.75, 3.05) is 28.4 Å². The van der Waals surface area contributed by atoms with Crippen molar-refractivity contribution in [2.24, 2.45) is 0 Å². The summed E-state index contributed by atoms with van der Waals surface area (Å²) in [5.74, 6) is 10.9. The molecular weight excluding hydrogens is 1720 g/mol. The van der Waals surface area contributed by atoms with E-state index < -0.39 is 0 Å². The third kappa shape index (κ3) is 31.8. The number of carbonyl (C=O) groups is 4. The second kappa shape index (κ2) is 49.8. The highest BCUT2D eigenvalue weighted by Crippen LogP contribution is 2.43. The lowest BCUT2D eigenvalue weighted by molar-refractivity contribution is -0.118. The summed E-state index contributed by atoms with van der Waals surface area (Å²) in [4.78, 5) is 46.0. The van der Waals surface area contributed by atoms with Gasteiger partial charge in [0.15, 0.2) is 0 Å². The number of Topliss-reactive ketones (excluding diaryl/α,β-unsaturated/α-hetero) is 4. The third-order valence-electron chi connectivity index (χ3n) is 23.3. The minimum absolute atomic E-state index is 0.0665. The zero-order valence-corrected chi connectivity index (χ0v) is 83.9. The fraction of sp³-hybridized carbons (Fsp3) is 0.322. The van der Waals surface area contributed by atoms with Gasteiger partial charge in [0.25, 0.3) is 0 Å². The molecule has 0 saturated heterocycles. The predicted octanol–water partition coefficient (Wildman–Crippen LogP) is 30.4. The second-order valence-corrected chi connectivity index (χ2v) is 38.5. The lowest BCUT2D eigenvalue weighted by Crippen LogP contribution is -2.13. The van der Waals surface area contributed by atoms with Crippen LogP contribution in [0.15, 0.2) is 267 Å². The molecule has 0 aliphatic heterocycles. The molecule has 16 heteroatoms. The second-order valence-electron chi connectivity index (χ2n) is 38.5. The molecule has 0 saturated carbocycles. The third-order valence-corrected chi connectivity index (χ3v) is 23.3. The fourth-order valence-corrected chi connectivity index (χ4v) is 16.1. The Morgan fingerprint density at radius 2 is 0.540 bits per heavy atom. The maximum atomic E-state index is 14.9. The van der Waals surface area contributed by atoms with Crippen LogP contribution >= 0.6 is 0 Å². The van der Waals surface area contributed by atoms with Crippen LogP contribution in [0.1, 0.15) is 242 Å². The molecule has 0 N–H and O–H groups in total. The summed E-state index contributed by atoms with van der Waals surface area (Å²) >= 11 is 0. The lowest BCUT2D eigenvalue weighted by Gasteiger charge is -2.24. The van der Waals surface area contributed by atoms with E-state index in [1.165, 1.54) is 24.3 Å². The first kappa shape index (κ1) is 107. The number of rotatable bonds is 34. The Morgan fingerprint density at radius 3 is 0.766 bits per heavy atom. The van der Waals surface area contributed by atoms with E-state index in [0.717, 1.165) is 113 Å². The molecular formula is C121H134F4O12. The summed E-state index contributed by atoms with van der Waals surface area (Å²) in [7, 11) is 6.32. The van der Waals surface area contributed by atoms with E-state index in [4.69, 9.17) is 37.9 Å². The first-order valence-corrected chi connectivity index (χ1v) is 46.5. The molecule has 12 nitrogen and oxygen atoms in total. The van der Waals surface area contributed by atoms with Crippen molar-refractivity contribution in [2.45, 2.75) is 229 Å². The average molecular weight is 1860 g/mol. The van der Waals surface area contributed by atoms with Crippen LogP contribution in [0.25, 0.3) is 44.5 Å². The molecule has 12 aromatic carbocycles. The number of benzene rings is 12. The SMILES string of the molecule is C/C=C/[C@@H](CC(C)=O)c1ccc(OCc2ccc(C(C)(C)C)c(-c3cc(OC)ccc3F)c2)cc1.C/C=C/[C@H](CC(C)=O)c1ccc(OCc2ccc(C(C)(C)C)c(-c3cc(OC)ccc3F)c2)cc1.CC#C[C@@H](CC(C)=O)c1ccc(OCc2ccc(C(C)(C)C)c(-c3cc(OC)ccc3F)c2)cc1.COc1ccc(F)c(-c2cc(COc3ccc(CCC(C)=O)cc3)ccc2C(C)(C)C)c1. The standard InChI is InChI=1S/2C31H35FO3.C31H33FO3.C28H31FO3/c3*1-7-8-24(17-21(2)33)23-10-12-25(13-11-23)35-20-22-9-15-29(31(3,4)5)27(18-22)28-19-26(34-6)14-16-30(28)32;1-19(30)6-7-20-8-11-22(12-9-20)32-18-21-10-14-26(28(2,3)4)24(16-21)25-17-23(31-5)13-15-27(25)29/h2*7-16,18-19,24H,17,20H2,1-6H3;9-16,18-19,24H,17,20H2,1-6H3;8-17H,6-7,18H2,1-5H3/b2*8-7+;;/t3*24-;/m100./s1. The normalized spacial score (nSPS) is 12.1. The Bertz CT molecular complexity index is 6010. The van der Waals surface area contributed by atoms with Crippen LogP contribution in [0.5, 0.6) is 46.0 Å². The fourth-order valence-electron chi connectivity index (χ4n) is 16.1. The summed E-state index contributed by atoms with van der Waals surface area (Å²) in [6.45, 7) is 39.0. The Kier molecular flexibility index (Phi) is 39.0. The Balaban J connectivity index is 0.000000205. The van der Waals surface area contributed by atoms with E-state index in [2.05, 4.69) is 113 Å². The minimum Gasteiger partial charge on any atom is -0.497 e. The van der Waals surface area contributed by atoms with Crippen LogP contribution in [0.3, 0.4) is 0 Å². The maximum Gasteiger partial charge on any atom is 0.131 e. The van der Waals surface area contributed by atoms with Gasteiger partial charge in [-0.3, -0.25) is 14.4 Å². The van der Waals surface area contributed by atoms with Crippen molar-refractivity contribution in [3.05, 3.63) is 357 Å². The van der Waals surface area contributed by atoms with E-state index in [9.17, 15) is 36.7 Å². The Labute approximate surface area is 810 Å². The summed E-state index contributed by atoms with van der Waals surface area (Å²) < 4.78 is 105. The quantitative estimate of drug-likeness (QED) is 0.0215. The highest BCUT2D eigenvalue weighted by atomic mass is 19.1. The van der Waals surface area contributed by atoms with Crippen LogP contribution in [-0.2, 0) is 73.7 Å². The number of aryl methyl sites for hydroxylation is 1. The summed E-state index contributed by atoms with van der Waals surface area (Å²) in [6.07, 6.45) is 10.7. The van der Waals surface area contributed by atoms with E-state index >= 15 is 0 Å². The predicted molar refractivity (Wildman–Crippen MR) is 548 cm³/mol. The van der Waals surface area contributed by atoms with Crippen LogP contribution < -0.4 is 37.9 Å². The Morgan fingerprint density at radius 1 is 0.299 bits per heavy atom. The number of ketones is 4. The molecule has 0 unspecified atom stereocenters. The van der Waals surface area contributed by atoms with Gasteiger partial charge in [-0.15, -0.1) is 5.92 Å². The largest absolute Gasteiger partial charge is 0.497 e. The summed E-state index contributed by atoms with van der Waals surface area (Å²) in [6, 6.07) is 74.8. The van der Waals surface area contributed by atoms with Gasteiger partial charge < -0.3 is 42.7 Å². The topological polar surface area (TPSA) is 142 Å². The number of allylic oxidation sites excluding steroid dienone is 4. The van der Waals surface area contributed by atoms with Crippen molar-refractivity contribution < 1.29 is 74.6 Å². The van der Waals surface area contributed by atoms with Gasteiger partial charge in [0, 0.05) is 59.8 Å². The molecule has 3 atom stereocenters. The maximum absolute atomic E-state index is 14.9. The molecule has 0 heterocycles. The van der Waals surface area contributed by atoms with Crippen LogP contribution in [0.2, 0.25) is 0 Å². The monoisotopic (exact) mass is 1850 g/mol. The smallest absolute Gasteiger partial charge is 0.131 e. The first-order chi connectivity index (χ1) is 65.0. The summed E-state index contributed by atoms with van der Waals surface area (Å²) in [5, 5.41) is 0. The first-order valence-electron chi connectivity index (χ1n) is 46.5. The number of halogens is 4. The average Bonchev–Trinajstić information content (AvgIpc) is 0.795. The molecule has 0 aliphatic carbocycles. The number of hydrogen-bond donors (Lipinski definition) is 0. The van der Waals surface area contributed by atoms with E-state index in [1.54, 1.807) is 112 Å². The van der Waals surface area contributed by atoms with Crippen molar-refractivity contribution in [3.63, 3.8) is 0 Å². The van der Waals surface area contributed by atoms with E-state index in [1.807, 2.05) is 190 Å². The lowest BCUT2D eigenvalue weighted by atomic mass is 9.81.